The summed E-state index contributed by atoms with van der Waals surface area (Å²) in [6, 6.07) is 11.5. The highest BCUT2D eigenvalue weighted by molar-refractivity contribution is 9.10. The molecule has 0 atom stereocenters. The summed E-state index contributed by atoms with van der Waals surface area (Å²) in [5.41, 5.74) is 5.56. The molecule has 142 valence electrons. The summed E-state index contributed by atoms with van der Waals surface area (Å²) in [5.74, 6) is 0.430. The van der Waals surface area contributed by atoms with Crippen LogP contribution in [0, 0.1) is 0 Å². The van der Waals surface area contributed by atoms with E-state index in [0.717, 1.165) is 6.42 Å². The van der Waals surface area contributed by atoms with E-state index in [-0.39, 0.29) is 0 Å². The zero-order chi connectivity index (χ0) is 19.6. The quantitative estimate of drug-likeness (QED) is 0.490. The number of ether oxygens (including phenoxy) is 2. The van der Waals surface area contributed by atoms with Crippen LogP contribution in [-0.4, -0.2) is 25.0 Å². The van der Waals surface area contributed by atoms with E-state index < -0.39 is 11.8 Å². The van der Waals surface area contributed by atoms with Gasteiger partial charge in [-0.2, -0.15) is 0 Å². The summed E-state index contributed by atoms with van der Waals surface area (Å²) in [7, 11) is 0. The number of hydrogen-bond donors (Lipinski definition) is 2. The van der Waals surface area contributed by atoms with Gasteiger partial charge in [0, 0.05) is 11.1 Å². The van der Waals surface area contributed by atoms with Crippen molar-refractivity contribution in [1.82, 2.24) is 10.9 Å². The SMILES string of the molecule is C=CCOc1ccc(C(=O)NNC(=O)c2ccc(OCCC)c(Br)c2)cc1. The maximum atomic E-state index is 12.2. The van der Waals surface area contributed by atoms with Crippen LogP contribution in [0.15, 0.2) is 59.6 Å². The maximum Gasteiger partial charge on any atom is 0.269 e. The van der Waals surface area contributed by atoms with Crippen LogP contribution in [0.4, 0.5) is 0 Å². The van der Waals surface area contributed by atoms with Gasteiger partial charge in [-0.3, -0.25) is 20.4 Å². The molecule has 2 N–H and O–H groups in total. The van der Waals surface area contributed by atoms with Crippen LogP contribution in [0.25, 0.3) is 0 Å². The van der Waals surface area contributed by atoms with Crippen LogP contribution < -0.4 is 20.3 Å². The molecule has 6 nitrogen and oxygen atoms in total. The van der Waals surface area contributed by atoms with Gasteiger partial charge in [0.1, 0.15) is 18.1 Å². The molecule has 27 heavy (non-hydrogen) atoms. The smallest absolute Gasteiger partial charge is 0.269 e. The van der Waals surface area contributed by atoms with Gasteiger partial charge in [-0.15, -0.1) is 0 Å². The van der Waals surface area contributed by atoms with Crippen LogP contribution in [-0.2, 0) is 0 Å². The minimum atomic E-state index is -0.433. The third-order valence-corrected chi connectivity index (χ3v) is 4.05. The van der Waals surface area contributed by atoms with Crippen LogP contribution in [0.5, 0.6) is 11.5 Å². The molecule has 0 heterocycles. The van der Waals surface area contributed by atoms with Gasteiger partial charge in [0.15, 0.2) is 0 Å². The maximum absolute atomic E-state index is 12.2. The van der Waals surface area contributed by atoms with Crippen molar-refractivity contribution in [2.75, 3.05) is 13.2 Å². The molecule has 0 bridgehead atoms. The lowest BCUT2D eigenvalue weighted by atomic mass is 10.2. The molecule has 2 rings (SSSR count). The fraction of sp³-hybridized carbons (Fsp3) is 0.200. The third kappa shape index (κ3) is 6.14. The minimum absolute atomic E-state index is 0.388. The Morgan fingerprint density at radius 3 is 2.26 bits per heavy atom. The average Bonchev–Trinajstić information content (AvgIpc) is 2.69. The Bertz CT molecular complexity index is 806. The Labute approximate surface area is 166 Å². The van der Waals surface area contributed by atoms with Gasteiger partial charge in [0.2, 0.25) is 0 Å². The Balaban J connectivity index is 1.91. The number of hydrazine groups is 1. The van der Waals surface area contributed by atoms with Crippen LogP contribution >= 0.6 is 15.9 Å². The van der Waals surface area contributed by atoms with Crippen molar-refractivity contribution in [3.8, 4) is 11.5 Å². The molecule has 2 aromatic carbocycles. The number of halogens is 1. The molecule has 7 heteroatoms. The molecular weight excluding hydrogens is 412 g/mol. The molecule has 0 spiro atoms. The summed E-state index contributed by atoms with van der Waals surface area (Å²) < 4.78 is 11.6. The third-order valence-electron chi connectivity index (χ3n) is 3.43. The van der Waals surface area contributed by atoms with Crippen molar-refractivity contribution < 1.29 is 19.1 Å². The van der Waals surface area contributed by atoms with E-state index in [2.05, 4.69) is 33.4 Å². The fourth-order valence-electron chi connectivity index (χ4n) is 2.09. The van der Waals surface area contributed by atoms with Gasteiger partial charge in [-0.05, 0) is 64.8 Å². The topological polar surface area (TPSA) is 76.7 Å². The predicted molar refractivity (Wildman–Crippen MR) is 107 cm³/mol. The molecular formula is C20H21BrN2O4. The van der Waals surface area contributed by atoms with Crippen molar-refractivity contribution in [1.29, 1.82) is 0 Å². The number of nitrogens with one attached hydrogen (secondary N) is 2. The largest absolute Gasteiger partial charge is 0.492 e. The Morgan fingerprint density at radius 1 is 1.04 bits per heavy atom. The Morgan fingerprint density at radius 2 is 1.67 bits per heavy atom. The summed E-state index contributed by atoms with van der Waals surface area (Å²) in [6.07, 6.45) is 2.53. The summed E-state index contributed by atoms with van der Waals surface area (Å²) in [5, 5.41) is 0. The molecule has 0 aliphatic carbocycles. The fourth-order valence-corrected chi connectivity index (χ4v) is 2.58. The number of rotatable bonds is 8. The van der Waals surface area contributed by atoms with Crippen LogP contribution in [0.2, 0.25) is 0 Å². The summed E-state index contributed by atoms with van der Waals surface area (Å²) >= 11 is 3.38. The lowest BCUT2D eigenvalue weighted by molar-refractivity contribution is 0.0846. The van der Waals surface area contributed by atoms with Crippen molar-refractivity contribution in [3.05, 3.63) is 70.7 Å². The lowest BCUT2D eigenvalue weighted by Crippen LogP contribution is -2.41. The first-order valence-electron chi connectivity index (χ1n) is 8.42. The van der Waals surface area contributed by atoms with Gasteiger partial charge in [-0.1, -0.05) is 19.6 Å². The zero-order valence-corrected chi connectivity index (χ0v) is 16.5. The molecule has 2 aromatic rings. The highest BCUT2D eigenvalue weighted by Crippen LogP contribution is 2.26. The first kappa shape index (κ1) is 20.5. The number of carbonyl (C=O) groups excluding carboxylic acids is 2. The van der Waals surface area contributed by atoms with Gasteiger partial charge in [-0.25, -0.2) is 0 Å². The second-order valence-corrected chi connectivity index (χ2v) is 6.38. The highest BCUT2D eigenvalue weighted by Gasteiger charge is 2.11. The van der Waals surface area contributed by atoms with E-state index in [1.807, 2.05) is 6.92 Å². The van der Waals surface area contributed by atoms with Gasteiger partial charge >= 0.3 is 0 Å². The molecule has 0 radical (unpaired) electrons. The molecule has 0 aliphatic rings. The standard InChI is InChI=1S/C20H21BrN2O4/c1-3-11-26-16-8-5-14(6-9-16)19(24)22-23-20(25)15-7-10-18(17(21)13-15)27-12-4-2/h3,5-10,13H,1,4,11-12H2,2H3,(H,22,24)(H,23,25). The van der Waals surface area contributed by atoms with Crippen molar-refractivity contribution in [2.24, 2.45) is 0 Å². The second-order valence-electron chi connectivity index (χ2n) is 5.53. The number of amides is 2. The Kier molecular flexibility index (Phi) is 7.88. The first-order valence-corrected chi connectivity index (χ1v) is 9.21. The summed E-state index contributed by atoms with van der Waals surface area (Å²) in [4.78, 5) is 24.3. The number of carbonyl (C=O) groups is 2. The number of benzene rings is 2. The molecule has 0 saturated carbocycles. The van der Waals surface area contributed by atoms with E-state index in [1.54, 1.807) is 48.5 Å². The molecule has 0 aromatic heterocycles. The van der Waals surface area contributed by atoms with Crippen molar-refractivity contribution >= 4 is 27.7 Å². The monoisotopic (exact) mass is 432 g/mol. The predicted octanol–water partition coefficient (Wildman–Crippen LogP) is 3.88. The molecule has 0 fully saturated rings. The second kappa shape index (κ2) is 10.4. The molecule has 0 unspecified atom stereocenters. The van der Waals surface area contributed by atoms with E-state index in [0.29, 0.717) is 40.3 Å². The van der Waals surface area contributed by atoms with Crippen LogP contribution in [0.1, 0.15) is 34.1 Å². The van der Waals surface area contributed by atoms with Crippen LogP contribution in [0.3, 0.4) is 0 Å². The molecule has 0 aliphatic heterocycles. The molecule has 2 amide bonds. The number of hydrogen-bond acceptors (Lipinski definition) is 4. The van der Waals surface area contributed by atoms with Crippen molar-refractivity contribution in [2.45, 2.75) is 13.3 Å². The average molecular weight is 433 g/mol. The molecule has 0 saturated heterocycles. The summed E-state index contributed by atoms with van der Waals surface area (Å²) in [6.45, 7) is 6.57. The van der Waals surface area contributed by atoms with Gasteiger partial charge in [0.25, 0.3) is 11.8 Å². The van der Waals surface area contributed by atoms with E-state index in [9.17, 15) is 9.59 Å². The first-order chi connectivity index (χ1) is 13.0. The minimum Gasteiger partial charge on any atom is -0.492 e. The normalized spacial score (nSPS) is 10.0. The van der Waals surface area contributed by atoms with Gasteiger partial charge < -0.3 is 9.47 Å². The lowest BCUT2D eigenvalue weighted by Gasteiger charge is -2.10. The van der Waals surface area contributed by atoms with E-state index >= 15 is 0 Å². The highest BCUT2D eigenvalue weighted by atomic mass is 79.9. The van der Waals surface area contributed by atoms with Crippen molar-refractivity contribution in [3.63, 3.8) is 0 Å². The Hall–Kier alpha value is -2.80. The van der Waals surface area contributed by atoms with E-state index in [1.165, 1.54) is 0 Å². The zero-order valence-electron chi connectivity index (χ0n) is 15.0. The van der Waals surface area contributed by atoms with E-state index in [4.69, 9.17) is 9.47 Å². The van der Waals surface area contributed by atoms with Gasteiger partial charge in [0.05, 0.1) is 11.1 Å².